The minimum absolute atomic E-state index is 0.00840. The van der Waals surface area contributed by atoms with Crippen molar-refractivity contribution in [2.45, 2.75) is 19.1 Å². The summed E-state index contributed by atoms with van der Waals surface area (Å²) in [5.41, 5.74) is 2.21. The smallest absolute Gasteiger partial charge is 0.315 e. The minimum Gasteiger partial charge on any atom is -0.488 e. The fraction of sp³-hybridized carbons (Fsp3) is 0.250. The number of amides is 2. The summed E-state index contributed by atoms with van der Waals surface area (Å²) < 4.78 is 5.77. The van der Waals surface area contributed by atoms with E-state index in [0.29, 0.717) is 13.1 Å². The molecular weight excluding hydrogens is 266 g/mol. The maximum atomic E-state index is 11.8. The number of carbonyl (C=O) groups excluding carboxylic acids is 1. The van der Waals surface area contributed by atoms with Crippen molar-refractivity contribution in [3.8, 4) is 5.75 Å². The number of pyridine rings is 1. The molecule has 1 aromatic heterocycles. The summed E-state index contributed by atoms with van der Waals surface area (Å²) in [5, 5.41) is 5.65. The number of nitrogens with zero attached hydrogens (tertiary/aromatic N) is 1. The van der Waals surface area contributed by atoms with Crippen LogP contribution >= 0.6 is 0 Å². The molecule has 2 aromatic rings. The Hall–Kier alpha value is -2.56. The monoisotopic (exact) mass is 283 g/mol. The molecule has 5 heteroatoms. The summed E-state index contributed by atoms with van der Waals surface area (Å²) in [4.78, 5) is 15.7. The number of hydrogen-bond donors (Lipinski definition) is 2. The summed E-state index contributed by atoms with van der Waals surface area (Å²) in [6.45, 7) is 0.983. The molecule has 0 saturated carbocycles. The van der Waals surface area contributed by atoms with Gasteiger partial charge < -0.3 is 15.4 Å². The zero-order valence-corrected chi connectivity index (χ0v) is 11.6. The summed E-state index contributed by atoms with van der Waals surface area (Å²) >= 11 is 0. The van der Waals surface area contributed by atoms with Gasteiger partial charge in [-0.25, -0.2) is 4.79 Å². The molecule has 3 rings (SSSR count). The predicted molar refractivity (Wildman–Crippen MR) is 79.0 cm³/mol. The van der Waals surface area contributed by atoms with Gasteiger partial charge in [-0.05, 0) is 29.3 Å². The second-order valence-electron chi connectivity index (χ2n) is 4.97. The van der Waals surface area contributed by atoms with Gasteiger partial charge in [0.05, 0.1) is 6.54 Å². The second-order valence-corrected chi connectivity index (χ2v) is 4.97. The molecule has 21 heavy (non-hydrogen) atoms. The number of fused-ring (bicyclic) bond motifs is 1. The first kappa shape index (κ1) is 13.4. The molecule has 0 saturated heterocycles. The number of urea groups is 1. The normalized spacial score (nSPS) is 15.9. The van der Waals surface area contributed by atoms with Crippen LogP contribution in [0.1, 0.15) is 11.1 Å². The van der Waals surface area contributed by atoms with Crippen molar-refractivity contribution < 1.29 is 9.53 Å². The van der Waals surface area contributed by atoms with Gasteiger partial charge in [0.25, 0.3) is 0 Å². The van der Waals surface area contributed by atoms with Gasteiger partial charge in [0, 0.05) is 25.4 Å². The van der Waals surface area contributed by atoms with E-state index in [1.165, 1.54) is 5.56 Å². The summed E-state index contributed by atoms with van der Waals surface area (Å²) in [6.07, 6.45) is 4.26. The number of para-hydroxylation sites is 1. The predicted octanol–water partition coefficient (Wildman–Crippen LogP) is 1.88. The highest BCUT2D eigenvalue weighted by Gasteiger charge is 2.22. The zero-order valence-electron chi connectivity index (χ0n) is 11.6. The van der Waals surface area contributed by atoms with E-state index in [1.54, 1.807) is 12.4 Å². The average molecular weight is 283 g/mol. The first-order chi connectivity index (χ1) is 10.3. The Labute approximate surface area is 123 Å². The fourth-order valence-corrected chi connectivity index (χ4v) is 2.32. The van der Waals surface area contributed by atoms with Crippen molar-refractivity contribution in [2.75, 3.05) is 6.54 Å². The molecule has 0 spiro atoms. The molecular formula is C16H17N3O2. The lowest BCUT2D eigenvalue weighted by Gasteiger charge is -2.12. The van der Waals surface area contributed by atoms with Gasteiger partial charge in [-0.2, -0.15) is 0 Å². The van der Waals surface area contributed by atoms with Gasteiger partial charge in [-0.1, -0.05) is 18.2 Å². The molecule has 0 bridgehead atoms. The maximum absolute atomic E-state index is 11.8. The van der Waals surface area contributed by atoms with E-state index in [4.69, 9.17) is 4.74 Å². The SMILES string of the molecule is O=C(NCc1ccncc1)NCC1Cc2ccccc2O1. The van der Waals surface area contributed by atoms with E-state index < -0.39 is 0 Å². The first-order valence-corrected chi connectivity index (χ1v) is 6.96. The van der Waals surface area contributed by atoms with Crippen LogP contribution in [-0.4, -0.2) is 23.7 Å². The highest BCUT2D eigenvalue weighted by molar-refractivity contribution is 5.73. The van der Waals surface area contributed by atoms with Crippen molar-refractivity contribution in [1.82, 2.24) is 15.6 Å². The Morgan fingerprint density at radius 2 is 2.00 bits per heavy atom. The molecule has 1 aromatic carbocycles. The molecule has 1 atom stereocenters. The van der Waals surface area contributed by atoms with Gasteiger partial charge in [0.1, 0.15) is 11.9 Å². The molecule has 1 unspecified atom stereocenters. The van der Waals surface area contributed by atoms with Crippen LogP contribution in [0.2, 0.25) is 0 Å². The topological polar surface area (TPSA) is 63.2 Å². The number of rotatable bonds is 4. The van der Waals surface area contributed by atoms with Crippen LogP contribution in [0.5, 0.6) is 5.75 Å². The summed E-state index contributed by atoms with van der Waals surface area (Å²) in [7, 11) is 0. The van der Waals surface area contributed by atoms with E-state index in [-0.39, 0.29) is 12.1 Å². The second kappa shape index (κ2) is 6.26. The fourth-order valence-electron chi connectivity index (χ4n) is 2.32. The van der Waals surface area contributed by atoms with Crippen molar-refractivity contribution in [3.63, 3.8) is 0 Å². The van der Waals surface area contributed by atoms with Crippen molar-refractivity contribution >= 4 is 6.03 Å². The molecule has 2 N–H and O–H groups in total. The van der Waals surface area contributed by atoms with Crippen LogP contribution < -0.4 is 15.4 Å². The lowest BCUT2D eigenvalue weighted by molar-refractivity contribution is 0.214. The van der Waals surface area contributed by atoms with Crippen LogP contribution in [0, 0.1) is 0 Å². The Balaban J connectivity index is 1.41. The number of hydrogen-bond acceptors (Lipinski definition) is 3. The number of benzene rings is 1. The molecule has 2 amide bonds. The van der Waals surface area contributed by atoms with Gasteiger partial charge in [-0.3, -0.25) is 4.98 Å². The van der Waals surface area contributed by atoms with E-state index in [0.717, 1.165) is 17.7 Å². The molecule has 2 heterocycles. The third-order valence-electron chi connectivity index (χ3n) is 3.41. The van der Waals surface area contributed by atoms with E-state index in [9.17, 15) is 4.79 Å². The number of nitrogens with one attached hydrogen (secondary N) is 2. The van der Waals surface area contributed by atoms with Gasteiger partial charge >= 0.3 is 6.03 Å². The molecule has 5 nitrogen and oxygen atoms in total. The van der Waals surface area contributed by atoms with Crippen LogP contribution in [0.25, 0.3) is 0 Å². The van der Waals surface area contributed by atoms with E-state index in [2.05, 4.69) is 21.7 Å². The van der Waals surface area contributed by atoms with Crippen molar-refractivity contribution in [2.24, 2.45) is 0 Å². The Bertz CT molecular complexity index is 591. The minimum atomic E-state index is -0.189. The standard InChI is InChI=1S/C16H17N3O2/c20-16(18-10-12-5-7-17-8-6-12)19-11-14-9-13-3-1-2-4-15(13)21-14/h1-8,14H,9-11H2,(H2,18,19,20). The number of carbonyl (C=O) groups is 1. The third kappa shape index (κ3) is 3.51. The van der Waals surface area contributed by atoms with Crippen molar-refractivity contribution in [3.05, 3.63) is 59.9 Å². The van der Waals surface area contributed by atoms with E-state index in [1.807, 2.05) is 30.3 Å². The zero-order chi connectivity index (χ0) is 14.5. The lowest BCUT2D eigenvalue weighted by Crippen LogP contribution is -2.40. The molecule has 108 valence electrons. The van der Waals surface area contributed by atoms with E-state index >= 15 is 0 Å². The third-order valence-corrected chi connectivity index (χ3v) is 3.41. The quantitative estimate of drug-likeness (QED) is 0.900. The number of ether oxygens (including phenoxy) is 1. The lowest BCUT2D eigenvalue weighted by atomic mass is 10.1. The van der Waals surface area contributed by atoms with Crippen LogP contribution in [0.4, 0.5) is 4.79 Å². The van der Waals surface area contributed by atoms with Crippen LogP contribution in [0.3, 0.4) is 0 Å². The highest BCUT2D eigenvalue weighted by atomic mass is 16.5. The van der Waals surface area contributed by atoms with Gasteiger partial charge in [-0.15, -0.1) is 0 Å². The van der Waals surface area contributed by atoms with Gasteiger partial charge in [0.15, 0.2) is 0 Å². The first-order valence-electron chi connectivity index (χ1n) is 6.96. The molecule has 0 radical (unpaired) electrons. The van der Waals surface area contributed by atoms with Crippen molar-refractivity contribution in [1.29, 1.82) is 0 Å². The summed E-state index contributed by atoms with van der Waals surface area (Å²) in [6, 6.07) is 11.5. The maximum Gasteiger partial charge on any atom is 0.315 e. The largest absolute Gasteiger partial charge is 0.488 e. The molecule has 0 aliphatic carbocycles. The Morgan fingerprint density at radius 1 is 1.19 bits per heavy atom. The molecule has 1 aliphatic rings. The summed E-state index contributed by atoms with van der Waals surface area (Å²) in [5.74, 6) is 0.918. The Kier molecular flexibility index (Phi) is 4.00. The van der Waals surface area contributed by atoms with Crippen LogP contribution in [0.15, 0.2) is 48.8 Å². The number of aromatic nitrogens is 1. The average Bonchev–Trinajstić information content (AvgIpc) is 2.95. The Morgan fingerprint density at radius 3 is 2.81 bits per heavy atom. The highest BCUT2D eigenvalue weighted by Crippen LogP contribution is 2.27. The van der Waals surface area contributed by atoms with Crippen LogP contribution in [-0.2, 0) is 13.0 Å². The molecule has 1 aliphatic heterocycles. The van der Waals surface area contributed by atoms with Gasteiger partial charge in [0.2, 0.25) is 0 Å². The molecule has 0 fully saturated rings.